The molecule has 0 radical (unpaired) electrons. The largest absolute Gasteiger partial charge is 0.332 e. The van der Waals surface area contributed by atoms with Gasteiger partial charge in [-0.3, -0.25) is 0 Å². The molecule has 1 aromatic rings. The Balaban J connectivity index is 1.89. The second kappa shape index (κ2) is 6.08. The van der Waals surface area contributed by atoms with Crippen molar-refractivity contribution in [2.45, 2.75) is 51.6 Å². The molecule has 2 amide bonds. The lowest BCUT2D eigenvalue weighted by molar-refractivity contribution is 0.182. The third kappa shape index (κ3) is 3.48. The molecule has 1 aliphatic heterocycles. The Labute approximate surface area is 123 Å². The number of hydrogen-bond donors (Lipinski definition) is 1. The first-order valence-corrected chi connectivity index (χ1v) is 7.85. The minimum Gasteiger partial charge on any atom is -0.332 e. The molecule has 1 aliphatic rings. The smallest absolute Gasteiger partial charge is 0.318 e. The van der Waals surface area contributed by atoms with E-state index >= 15 is 0 Å². The number of hydrogen-bond acceptors (Lipinski definition) is 3. The van der Waals surface area contributed by atoms with Gasteiger partial charge in [-0.2, -0.15) is 0 Å². The second-order valence-electron chi connectivity index (χ2n) is 6.20. The summed E-state index contributed by atoms with van der Waals surface area (Å²) in [4.78, 5) is 18.1. The summed E-state index contributed by atoms with van der Waals surface area (Å²) in [7, 11) is 0. The first-order chi connectivity index (χ1) is 9.41. The van der Waals surface area contributed by atoms with Gasteiger partial charge in [-0.25, -0.2) is 14.2 Å². The van der Waals surface area contributed by atoms with Gasteiger partial charge in [0.1, 0.15) is 6.67 Å². The van der Waals surface area contributed by atoms with Crippen LogP contribution in [0.2, 0.25) is 0 Å². The molecule has 4 nitrogen and oxygen atoms in total. The summed E-state index contributed by atoms with van der Waals surface area (Å²) in [6.07, 6.45) is 1.64. The van der Waals surface area contributed by atoms with Crippen molar-refractivity contribution in [2.24, 2.45) is 0 Å². The molecule has 0 saturated carbocycles. The van der Waals surface area contributed by atoms with Crippen LogP contribution in [-0.2, 0) is 12.0 Å². The molecule has 0 aromatic carbocycles. The Morgan fingerprint density at radius 3 is 2.95 bits per heavy atom. The molecule has 1 aromatic heterocycles. The predicted octanol–water partition coefficient (Wildman–Crippen LogP) is 3.08. The minimum absolute atomic E-state index is 0.0290. The molecule has 0 aliphatic carbocycles. The van der Waals surface area contributed by atoms with Crippen LogP contribution >= 0.6 is 11.3 Å². The van der Waals surface area contributed by atoms with Crippen LogP contribution in [-0.4, -0.2) is 35.2 Å². The van der Waals surface area contributed by atoms with E-state index in [4.69, 9.17) is 0 Å². The van der Waals surface area contributed by atoms with Gasteiger partial charge in [-0.15, -0.1) is 11.3 Å². The molecule has 0 bridgehead atoms. The number of urea groups is 1. The van der Waals surface area contributed by atoms with Gasteiger partial charge in [-0.1, -0.05) is 20.8 Å². The van der Waals surface area contributed by atoms with Crippen LogP contribution in [0.25, 0.3) is 0 Å². The summed E-state index contributed by atoms with van der Waals surface area (Å²) < 4.78 is 12.8. The van der Waals surface area contributed by atoms with Crippen molar-refractivity contribution < 1.29 is 9.18 Å². The third-order valence-corrected chi connectivity index (χ3v) is 4.75. The van der Waals surface area contributed by atoms with E-state index in [9.17, 15) is 9.18 Å². The van der Waals surface area contributed by atoms with Gasteiger partial charge in [0.15, 0.2) is 0 Å². The fourth-order valence-corrected chi connectivity index (χ4v) is 3.17. The van der Waals surface area contributed by atoms with Gasteiger partial charge in [0.25, 0.3) is 0 Å². The summed E-state index contributed by atoms with van der Waals surface area (Å²) in [5, 5.41) is 5.86. The van der Waals surface area contributed by atoms with E-state index in [0.29, 0.717) is 13.1 Å². The number of aromatic nitrogens is 1. The molecule has 2 rings (SSSR count). The van der Waals surface area contributed by atoms with Gasteiger partial charge in [0.2, 0.25) is 0 Å². The molecule has 2 heterocycles. The third-order valence-electron chi connectivity index (χ3n) is 3.43. The maximum Gasteiger partial charge on any atom is 0.318 e. The number of nitrogens with one attached hydrogen (secondary N) is 1. The molecule has 0 spiro atoms. The summed E-state index contributed by atoms with van der Waals surface area (Å²) in [6.45, 7) is 6.93. The fraction of sp³-hybridized carbons (Fsp3) is 0.714. The van der Waals surface area contributed by atoms with Gasteiger partial charge in [0.05, 0.1) is 23.3 Å². The normalized spacial score (nSPS) is 19.4. The number of rotatable bonds is 3. The van der Waals surface area contributed by atoms with Crippen LogP contribution in [0.4, 0.5) is 9.18 Å². The Bertz CT molecular complexity index is 469. The van der Waals surface area contributed by atoms with Crippen molar-refractivity contribution in [3.63, 3.8) is 0 Å². The summed E-state index contributed by atoms with van der Waals surface area (Å²) in [5.41, 5.74) is 0.894. The summed E-state index contributed by atoms with van der Waals surface area (Å²) in [6, 6.07) is -0.439. The van der Waals surface area contributed by atoms with Gasteiger partial charge < -0.3 is 10.2 Å². The van der Waals surface area contributed by atoms with Crippen molar-refractivity contribution >= 4 is 17.4 Å². The molecular weight excluding hydrogens is 277 g/mol. The molecule has 1 fully saturated rings. The molecule has 1 unspecified atom stereocenters. The Hall–Kier alpha value is -1.17. The zero-order valence-electron chi connectivity index (χ0n) is 12.3. The first kappa shape index (κ1) is 15.2. The highest BCUT2D eigenvalue weighted by molar-refractivity contribution is 7.09. The zero-order valence-corrected chi connectivity index (χ0v) is 13.1. The van der Waals surface area contributed by atoms with E-state index < -0.39 is 6.67 Å². The first-order valence-electron chi connectivity index (χ1n) is 6.97. The van der Waals surface area contributed by atoms with E-state index in [1.54, 1.807) is 16.2 Å². The Morgan fingerprint density at radius 1 is 1.60 bits per heavy atom. The SMILES string of the molecule is CC(C)(C)c1nc(CNC(=O)N2CCCC2CF)cs1. The monoisotopic (exact) mass is 299 g/mol. The topological polar surface area (TPSA) is 45.2 Å². The molecule has 1 N–H and O–H groups in total. The lowest BCUT2D eigenvalue weighted by atomic mass is 9.98. The highest BCUT2D eigenvalue weighted by Crippen LogP contribution is 2.25. The van der Waals surface area contributed by atoms with Crippen LogP contribution < -0.4 is 5.32 Å². The molecule has 1 atom stereocenters. The van der Waals surface area contributed by atoms with Crippen LogP contribution in [0.1, 0.15) is 44.3 Å². The predicted molar refractivity (Wildman–Crippen MR) is 78.8 cm³/mol. The number of carbonyl (C=O) groups is 1. The lowest BCUT2D eigenvalue weighted by Gasteiger charge is -2.22. The quantitative estimate of drug-likeness (QED) is 0.932. The van der Waals surface area contributed by atoms with Crippen molar-refractivity contribution in [1.82, 2.24) is 15.2 Å². The number of likely N-dealkylation sites (tertiary alicyclic amines) is 1. The Morgan fingerprint density at radius 2 is 2.35 bits per heavy atom. The number of amides is 2. The molecule has 20 heavy (non-hydrogen) atoms. The zero-order chi connectivity index (χ0) is 14.8. The van der Waals surface area contributed by atoms with E-state index in [0.717, 1.165) is 23.5 Å². The average Bonchev–Trinajstić information content (AvgIpc) is 3.03. The van der Waals surface area contributed by atoms with Gasteiger partial charge >= 0.3 is 6.03 Å². The van der Waals surface area contributed by atoms with Crippen molar-refractivity contribution in [3.8, 4) is 0 Å². The van der Waals surface area contributed by atoms with Crippen LogP contribution in [0.3, 0.4) is 0 Å². The summed E-state index contributed by atoms with van der Waals surface area (Å²) in [5.74, 6) is 0. The standard InChI is InChI=1S/C14H22FN3OS/c1-14(2,3)12-17-10(9-20-12)8-16-13(19)18-6-4-5-11(18)7-15/h9,11H,4-8H2,1-3H3,(H,16,19). The average molecular weight is 299 g/mol. The molecule has 112 valence electrons. The molecule has 1 saturated heterocycles. The Kier molecular flexibility index (Phi) is 4.62. The van der Waals surface area contributed by atoms with Crippen LogP contribution in [0.15, 0.2) is 5.38 Å². The second-order valence-corrected chi connectivity index (χ2v) is 7.05. The number of carbonyl (C=O) groups excluding carboxylic acids is 1. The number of thiazole rings is 1. The maximum atomic E-state index is 12.8. The number of nitrogens with zero attached hydrogens (tertiary/aromatic N) is 2. The van der Waals surface area contributed by atoms with Gasteiger partial charge in [-0.05, 0) is 12.8 Å². The van der Waals surface area contributed by atoms with Gasteiger partial charge in [0, 0.05) is 17.3 Å². The lowest BCUT2D eigenvalue weighted by Crippen LogP contribution is -2.43. The molecular formula is C14H22FN3OS. The number of alkyl halides is 1. The summed E-state index contributed by atoms with van der Waals surface area (Å²) >= 11 is 1.61. The van der Waals surface area contributed by atoms with Crippen molar-refractivity contribution in [2.75, 3.05) is 13.2 Å². The van der Waals surface area contributed by atoms with E-state index in [2.05, 4.69) is 31.1 Å². The number of halogens is 1. The highest BCUT2D eigenvalue weighted by atomic mass is 32.1. The van der Waals surface area contributed by atoms with Crippen LogP contribution in [0.5, 0.6) is 0 Å². The van der Waals surface area contributed by atoms with E-state index in [1.165, 1.54) is 0 Å². The van der Waals surface area contributed by atoms with E-state index in [-0.39, 0.29) is 17.5 Å². The fourth-order valence-electron chi connectivity index (χ4n) is 2.26. The maximum absolute atomic E-state index is 12.8. The minimum atomic E-state index is -0.460. The van der Waals surface area contributed by atoms with Crippen LogP contribution in [0, 0.1) is 0 Å². The van der Waals surface area contributed by atoms with Crippen molar-refractivity contribution in [1.29, 1.82) is 0 Å². The molecule has 6 heteroatoms. The van der Waals surface area contributed by atoms with E-state index in [1.807, 2.05) is 5.38 Å². The highest BCUT2D eigenvalue weighted by Gasteiger charge is 2.28. The van der Waals surface area contributed by atoms with Crippen molar-refractivity contribution in [3.05, 3.63) is 16.1 Å².